The molecule has 0 aliphatic carbocycles. The van der Waals surface area contributed by atoms with Crippen LogP contribution in [-0.2, 0) is 67.1 Å². The van der Waals surface area contributed by atoms with E-state index >= 15 is 0 Å². The molecule has 30 heteroatoms. The summed E-state index contributed by atoms with van der Waals surface area (Å²) in [6, 6.07) is -13.1. The highest BCUT2D eigenvalue weighted by Gasteiger charge is 2.44. The Labute approximate surface area is 489 Å². The topological polar surface area (TPSA) is 489 Å². The smallest absolute Gasteiger partial charge is 0.326 e. The van der Waals surface area contributed by atoms with E-state index in [4.69, 9.17) is 32.2 Å². The summed E-state index contributed by atoms with van der Waals surface area (Å²) in [5.41, 5.74) is 17.1. The fourth-order valence-electron chi connectivity index (χ4n) is 9.31. The van der Waals surface area contributed by atoms with E-state index in [0.29, 0.717) is 25.7 Å². The minimum atomic E-state index is -1.90. The lowest BCUT2D eigenvalue weighted by Crippen LogP contribution is -2.61. The third-order valence-electron chi connectivity index (χ3n) is 14.2. The zero-order valence-electron chi connectivity index (χ0n) is 49.7. The number of amides is 10. The Morgan fingerprint density at radius 3 is 1.46 bits per heavy atom. The number of nitrogens with zero attached hydrogens (tertiary/aromatic N) is 2. The van der Waals surface area contributed by atoms with E-state index < -0.39 is 181 Å². The summed E-state index contributed by atoms with van der Waals surface area (Å²) in [5, 5.41) is 53.4. The van der Waals surface area contributed by atoms with E-state index in [0.717, 1.165) is 6.92 Å². The average Bonchev–Trinajstić information content (AvgIpc) is 4.21. The lowest BCUT2D eigenvalue weighted by Gasteiger charge is -2.34. The molecule has 17 N–H and O–H groups in total. The van der Waals surface area contributed by atoms with Crippen LogP contribution in [0.2, 0.25) is 0 Å². The van der Waals surface area contributed by atoms with Crippen LogP contribution in [0.3, 0.4) is 0 Å². The largest absolute Gasteiger partial charge is 0.481 e. The van der Waals surface area contributed by atoms with Crippen LogP contribution in [0.1, 0.15) is 152 Å². The summed E-state index contributed by atoms with van der Waals surface area (Å²) in [6.07, 6.45) is -0.125. The maximum atomic E-state index is 14.5. The summed E-state index contributed by atoms with van der Waals surface area (Å²) < 4.78 is 0. The van der Waals surface area contributed by atoms with Crippen molar-refractivity contribution in [3.05, 3.63) is 0 Å². The lowest BCUT2D eigenvalue weighted by atomic mass is 9.98. The molecule has 10 amide bonds. The maximum absolute atomic E-state index is 14.5. The molecule has 0 saturated carbocycles. The Morgan fingerprint density at radius 1 is 0.536 bits per heavy atom. The molecule has 11 atom stereocenters. The Hall–Kier alpha value is -7.50. The average molecular weight is 1200 g/mol. The van der Waals surface area contributed by atoms with Gasteiger partial charge in [0.2, 0.25) is 59.1 Å². The van der Waals surface area contributed by atoms with E-state index in [-0.39, 0.29) is 70.0 Å². The molecule has 2 saturated heterocycles. The van der Waals surface area contributed by atoms with Crippen molar-refractivity contribution in [3.63, 3.8) is 0 Å². The highest BCUT2D eigenvalue weighted by Crippen LogP contribution is 2.24. The van der Waals surface area contributed by atoms with Crippen molar-refractivity contribution in [2.75, 3.05) is 19.6 Å². The SMILES string of the molecule is CC(=O)O.CC[C@H](C)[C@H](N)C(=O)N[C@@H](CCC(=O)O)C(=O)N1CCC[C@H]1C(=O)N[C@H](C(=O)N1CCC[C@H]1C(=O)N[C@@H](CC(C)C)C(=O)N[C@H](C(=O)N[C@@H](CCCCN)C(=O)N[C@@H](CCC(N)=O)C(=O)N[C@@H](CC(=O)O)C(=O)O)C(C)C)C(C)C. The van der Waals surface area contributed by atoms with Crippen LogP contribution in [0.4, 0.5) is 0 Å². The van der Waals surface area contributed by atoms with Gasteiger partial charge in [-0.15, -0.1) is 0 Å². The lowest BCUT2D eigenvalue weighted by molar-refractivity contribution is -0.147. The molecule has 0 aromatic carbocycles. The zero-order chi connectivity index (χ0) is 64.3. The number of nitrogens with two attached hydrogens (primary N) is 3. The third kappa shape index (κ3) is 25.6. The summed E-state index contributed by atoms with van der Waals surface area (Å²) in [5.74, 6) is -14.7. The van der Waals surface area contributed by atoms with Crippen LogP contribution in [0.25, 0.3) is 0 Å². The zero-order valence-corrected chi connectivity index (χ0v) is 49.7. The van der Waals surface area contributed by atoms with Gasteiger partial charge in [0.1, 0.15) is 54.4 Å². The van der Waals surface area contributed by atoms with Crippen LogP contribution in [-0.4, -0.2) is 193 Å². The van der Waals surface area contributed by atoms with Gasteiger partial charge in [-0.05, 0) is 94.4 Å². The Morgan fingerprint density at radius 2 is 1.00 bits per heavy atom. The van der Waals surface area contributed by atoms with Crippen LogP contribution in [0.15, 0.2) is 0 Å². The molecular formula is C54H92N12O18. The first kappa shape index (κ1) is 74.5. The summed E-state index contributed by atoms with van der Waals surface area (Å²) in [7, 11) is 0. The first-order valence-electron chi connectivity index (χ1n) is 28.5. The molecule has 0 bridgehead atoms. The molecule has 476 valence electrons. The van der Waals surface area contributed by atoms with E-state index in [1.807, 2.05) is 12.2 Å². The number of carbonyl (C=O) groups excluding carboxylic acids is 10. The quantitative estimate of drug-likeness (QED) is 0.0305. The number of likely N-dealkylation sites (tertiary alicyclic amines) is 2. The van der Waals surface area contributed by atoms with Gasteiger partial charge in [0.15, 0.2) is 0 Å². The number of carboxylic acids is 4. The molecule has 0 spiro atoms. The minimum Gasteiger partial charge on any atom is -0.481 e. The molecule has 2 fully saturated rings. The number of hydrogen-bond acceptors (Lipinski definition) is 16. The monoisotopic (exact) mass is 1200 g/mol. The van der Waals surface area contributed by atoms with E-state index in [1.54, 1.807) is 48.5 Å². The molecule has 2 aliphatic rings. The number of carbonyl (C=O) groups is 14. The highest BCUT2D eigenvalue weighted by molar-refractivity contribution is 5.99. The summed E-state index contributed by atoms with van der Waals surface area (Å²) >= 11 is 0. The van der Waals surface area contributed by atoms with E-state index in [9.17, 15) is 72.5 Å². The molecule has 2 aliphatic heterocycles. The van der Waals surface area contributed by atoms with Gasteiger partial charge in [-0.25, -0.2) is 4.79 Å². The Bertz CT molecular complexity index is 2320. The van der Waals surface area contributed by atoms with Gasteiger partial charge in [-0.3, -0.25) is 62.3 Å². The molecular weight excluding hydrogens is 1100 g/mol. The Kier molecular flexibility index (Phi) is 32.8. The predicted octanol–water partition coefficient (Wildman–Crippen LogP) is -2.00. The number of nitrogens with one attached hydrogen (secondary N) is 7. The molecule has 30 nitrogen and oxygen atoms in total. The second-order valence-electron chi connectivity index (χ2n) is 22.4. The van der Waals surface area contributed by atoms with Crippen molar-refractivity contribution in [1.82, 2.24) is 47.0 Å². The Balaban J connectivity index is 0.00000852. The number of hydrogen-bond donors (Lipinski definition) is 14. The maximum Gasteiger partial charge on any atom is 0.326 e. The summed E-state index contributed by atoms with van der Waals surface area (Å²) in [4.78, 5) is 183. The van der Waals surface area contributed by atoms with Crippen molar-refractivity contribution >= 4 is 82.9 Å². The number of aliphatic carboxylic acids is 4. The fourth-order valence-corrected chi connectivity index (χ4v) is 9.31. The highest BCUT2D eigenvalue weighted by atomic mass is 16.4. The van der Waals surface area contributed by atoms with E-state index in [1.165, 1.54) is 9.80 Å². The van der Waals surface area contributed by atoms with Crippen molar-refractivity contribution in [2.24, 2.45) is 40.9 Å². The standard InChI is InChI=1S/C52H88N12O16.C2H4O2/c1-9-29(8)40(55)48(75)58-32(18-20-38(66)67)50(77)63-22-12-16-36(63)47(74)62-42(28(6)7)51(78)64-23-13-15-35(64)46(73)59-33(24-26(2)3)45(72)61-41(27(4)5)49(76)57-30(14-10-11-21-53)43(70)56-31(17-19-37(54)65)44(71)60-34(52(79)80)25-39(68)69;1-2(3)4/h26-36,40-42H,9-25,53,55H2,1-8H3,(H2,54,65)(H,56,70)(H,57,76)(H,58,75)(H,59,73)(H,60,71)(H,61,72)(H,62,74)(H,66,67)(H,68,69)(H,79,80);1H3,(H,3,4)/t29-,30-,31-,32-,33-,34-,35-,36-,40-,41-,42-;/m0./s1. The number of unbranched alkanes of at least 4 members (excludes halogenated alkanes) is 1. The molecule has 0 aromatic heterocycles. The molecule has 0 aromatic rings. The third-order valence-corrected chi connectivity index (χ3v) is 14.2. The molecule has 2 heterocycles. The van der Waals surface area contributed by atoms with Crippen LogP contribution >= 0.6 is 0 Å². The van der Waals surface area contributed by atoms with Gasteiger partial charge >= 0.3 is 17.9 Å². The van der Waals surface area contributed by atoms with Crippen molar-refractivity contribution in [1.29, 1.82) is 0 Å². The van der Waals surface area contributed by atoms with Gasteiger partial charge in [0.05, 0.1) is 12.5 Å². The number of primary amides is 1. The fraction of sp³-hybridized carbons (Fsp3) is 0.741. The number of rotatable bonds is 35. The first-order chi connectivity index (χ1) is 39.2. The second kappa shape index (κ2) is 36.9. The second-order valence-corrected chi connectivity index (χ2v) is 22.4. The minimum absolute atomic E-state index is 0.0384. The summed E-state index contributed by atoms with van der Waals surface area (Å²) in [6.45, 7) is 15.3. The van der Waals surface area contributed by atoms with Crippen molar-refractivity contribution in [2.45, 2.75) is 213 Å². The molecule has 0 radical (unpaired) electrons. The van der Waals surface area contributed by atoms with Gasteiger partial charge in [0, 0.05) is 32.9 Å². The van der Waals surface area contributed by atoms with Gasteiger partial charge in [-0.1, -0.05) is 61.8 Å². The molecule has 84 heavy (non-hydrogen) atoms. The van der Waals surface area contributed by atoms with Crippen molar-refractivity contribution in [3.8, 4) is 0 Å². The van der Waals surface area contributed by atoms with Gasteiger partial charge in [0.25, 0.3) is 5.97 Å². The van der Waals surface area contributed by atoms with Gasteiger partial charge < -0.3 is 84.6 Å². The first-order valence-corrected chi connectivity index (χ1v) is 28.5. The van der Waals surface area contributed by atoms with Crippen LogP contribution < -0.4 is 54.4 Å². The van der Waals surface area contributed by atoms with Crippen molar-refractivity contribution < 1.29 is 87.5 Å². The number of carboxylic acid groups (broad SMARTS) is 4. The normalized spacial score (nSPS) is 18.0. The predicted molar refractivity (Wildman–Crippen MR) is 301 cm³/mol. The van der Waals surface area contributed by atoms with Gasteiger partial charge in [-0.2, -0.15) is 0 Å². The molecule has 2 rings (SSSR count). The van der Waals surface area contributed by atoms with E-state index in [2.05, 4.69) is 31.9 Å². The molecule has 0 unspecified atom stereocenters. The van der Waals surface area contributed by atoms with Crippen LogP contribution in [0.5, 0.6) is 0 Å². The van der Waals surface area contributed by atoms with Crippen LogP contribution in [0, 0.1) is 23.7 Å².